The van der Waals surface area contributed by atoms with Crippen LogP contribution in [0.5, 0.6) is 0 Å². The Morgan fingerprint density at radius 2 is 2.03 bits per heavy atom. The van der Waals surface area contributed by atoms with Crippen molar-refractivity contribution in [1.29, 1.82) is 5.26 Å². The molecule has 0 unspecified atom stereocenters. The molecule has 0 bridgehead atoms. The van der Waals surface area contributed by atoms with Crippen LogP contribution in [-0.2, 0) is 35.5 Å². The maximum atomic E-state index is 13.1. The Kier molecular flexibility index (Phi) is 6.19. The SMILES string of the molecule is Cc1c(C(=O)OCc2ccccc2)sc2ncn(CC(=O)Nc3sc4c(c3C#N)CCC4)c(=O)c12. The molecule has 1 aromatic carbocycles. The Labute approximate surface area is 208 Å². The van der Waals surface area contributed by atoms with E-state index in [4.69, 9.17) is 4.74 Å². The van der Waals surface area contributed by atoms with Crippen LogP contribution < -0.4 is 10.9 Å². The molecule has 176 valence electrons. The summed E-state index contributed by atoms with van der Waals surface area (Å²) in [6.07, 6.45) is 4.09. The molecule has 5 rings (SSSR count). The van der Waals surface area contributed by atoms with Gasteiger partial charge in [0, 0.05) is 4.88 Å². The molecule has 1 amide bonds. The average molecular weight is 505 g/mol. The zero-order valence-corrected chi connectivity index (χ0v) is 20.4. The molecule has 10 heteroatoms. The van der Waals surface area contributed by atoms with E-state index in [0.717, 1.165) is 46.6 Å². The molecule has 1 aliphatic rings. The topological polar surface area (TPSA) is 114 Å². The van der Waals surface area contributed by atoms with Gasteiger partial charge in [-0.1, -0.05) is 30.3 Å². The Hall–Kier alpha value is -3.81. The Balaban J connectivity index is 1.34. The first-order valence-corrected chi connectivity index (χ1v) is 12.6. The lowest BCUT2D eigenvalue weighted by atomic mass is 10.1. The van der Waals surface area contributed by atoms with Crippen molar-refractivity contribution in [2.24, 2.45) is 0 Å². The molecule has 0 fully saturated rings. The number of nitrogens with zero attached hydrogens (tertiary/aromatic N) is 3. The van der Waals surface area contributed by atoms with Gasteiger partial charge in [0.2, 0.25) is 5.91 Å². The minimum atomic E-state index is -0.521. The van der Waals surface area contributed by atoms with E-state index < -0.39 is 17.4 Å². The third kappa shape index (κ3) is 4.36. The van der Waals surface area contributed by atoms with Crippen LogP contribution in [0.4, 0.5) is 5.00 Å². The van der Waals surface area contributed by atoms with Crippen molar-refractivity contribution >= 4 is 49.8 Å². The number of fused-ring (bicyclic) bond motifs is 2. The molecule has 8 nitrogen and oxygen atoms in total. The predicted molar refractivity (Wildman–Crippen MR) is 134 cm³/mol. The highest BCUT2D eigenvalue weighted by molar-refractivity contribution is 7.20. The molecule has 1 aliphatic carbocycles. The van der Waals surface area contributed by atoms with Crippen LogP contribution in [0.2, 0.25) is 0 Å². The summed E-state index contributed by atoms with van der Waals surface area (Å²) < 4.78 is 6.63. The summed E-state index contributed by atoms with van der Waals surface area (Å²) in [6, 6.07) is 11.5. The van der Waals surface area contributed by atoms with E-state index in [9.17, 15) is 19.6 Å². The van der Waals surface area contributed by atoms with Crippen LogP contribution in [0.1, 0.15) is 43.2 Å². The number of carbonyl (C=O) groups is 2. The first-order valence-electron chi connectivity index (χ1n) is 11.0. The first kappa shape index (κ1) is 23.0. The second-order valence-corrected chi connectivity index (χ2v) is 10.3. The zero-order valence-electron chi connectivity index (χ0n) is 18.8. The minimum absolute atomic E-state index is 0.127. The molecule has 0 spiro atoms. The lowest BCUT2D eigenvalue weighted by Crippen LogP contribution is -2.27. The van der Waals surface area contributed by atoms with Gasteiger partial charge in [0.1, 0.15) is 33.9 Å². The lowest BCUT2D eigenvalue weighted by Gasteiger charge is -2.07. The monoisotopic (exact) mass is 504 g/mol. The number of benzene rings is 1. The molecule has 0 radical (unpaired) electrons. The number of ether oxygens (including phenoxy) is 1. The summed E-state index contributed by atoms with van der Waals surface area (Å²) in [6.45, 7) is 1.55. The van der Waals surface area contributed by atoms with Crippen molar-refractivity contribution in [2.45, 2.75) is 39.3 Å². The second kappa shape index (κ2) is 9.44. The van der Waals surface area contributed by atoms with Crippen molar-refractivity contribution in [3.8, 4) is 6.07 Å². The van der Waals surface area contributed by atoms with Crippen molar-refractivity contribution in [3.63, 3.8) is 0 Å². The van der Waals surface area contributed by atoms with Crippen LogP contribution in [0, 0.1) is 18.3 Å². The maximum absolute atomic E-state index is 13.1. The highest BCUT2D eigenvalue weighted by Gasteiger charge is 2.24. The first-order chi connectivity index (χ1) is 17.0. The van der Waals surface area contributed by atoms with Gasteiger partial charge in [0.05, 0.1) is 17.3 Å². The van der Waals surface area contributed by atoms with E-state index >= 15 is 0 Å². The molecule has 0 aliphatic heterocycles. The number of aryl methyl sites for hydroxylation is 2. The Morgan fingerprint density at radius 3 is 2.80 bits per heavy atom. The van der Waals surface area contributed by atoms with Gasteiger partial charge in [0.15, 0.2) is 0 Å². The van der Waals surface area contributed by atoms with Crippen molar-refractivity contribution < 1.29 is 14.3 Å². The number of hydrogen-bond acceptors (Lipinski definition) is 8. The molecule has 3 heterocycles. The molecule has 0 saturated carbocycles. The highest BCUT2D eigenvalue weighted by atomic mass is 32.1. The summed E-state index contributed by atoms with van der Waals surface area (Å²) in [5.74, 6) is -0.937. The van der Waals surface area contributed by atoms with Gasteiger partial charge in [-0.25, -0.2) is 9.78 Å². The molecule has 3 aromatic heterocycles. The van der Waals surface area contributed by atoms with E-state index in [1.165, 1.54) is 22.2 Å². The van der Waals surface area contributed by atoms with Gasteiger partial charge < -0.3 is 10.1 Å². The minimum Gasteiger partial charge on any atom is -0.457 e. The number of carbonyl (C=O) groups excluding carboxylic acids is 2. The summed E-state index contributed by atoms with van der Waals surface area (Å²) in [5.41, 5.74) is 2.48. The van der Waals surface area contributed by atoms with E-state index in [2.05, 4.69) is 16.4 Å². The van der Waals surface area contributed by atoms with E-state index in [0.29, 0.717) is 31.2 Å². The second-order valence-electron chi connectivity index (χ2n) is 8.20. The summed E-state index contributed by atoms with van der Waals surface area (Å²) in [4.78, 5) is 44.7. The normalized spacial score (nSPS) is 12.3. The molecule has 0 atom stereocenters. The highest BCUT2D eigenvalue weighted by Crippen LogP contribution is 2.38. The number of nitrogens with one attached hydrogen (secondary N) is 1. The van der Waals surface area contributed by atoms with Gasteiger partial charge in [-0.15, -0.1) is 22.7 Å². The van der Waals surface area contributed by atoms with Gasteiger partial charge >= 0.3 is 5.97 Å². The number of amides is 1. The summed E-state index contributed by atoms with van der Waals surface area (Å²) in [5, 5.41) is 13.1. The van der Waals surface area contributed by atoms with Crippen molar-refractivity contribution in [1.82, 2.24) is 9.55 Å². The summed E-state index contributed by atoms with van der Waals surface area (Å²) >= 11 is 2.52. The third-order valence-corrected chi connectivity index (χ3v) is 8.30. The van der Waals surface area contributed by atoms with Crippen molar-refractivity contribution in [2.75, 3.05) is 5.32 Å². The number of thiophene rings is 2. The fraction of sp³-hybridized carbons (Fsp3) is 0.240. The fourth-order valence-electron chi connectivity index (χ4n) is 4.19. The smallest absolute Gasteiger partial charge is 0.349 e. The number of rotatable bonds is 6. The average Bonchev–Trinajstić information content (AvgIpc) is 3.53. The zero-order chi connectivity index (χ0) is 24.5. The Morgan fingerprint density at radius 1 is 1.23 bits per heavy atom. The van der Waals surface area contributed by atoms with Crippen LogP contribution in [0.15, 0.2) is 41.5 Å². The van der Waals surface area contributed by atoms with Crippen LogP contribution in [0.3, 0.4) is 0 Å². The fourth-order valence-corrected chi connectivity index (χ4v) is 6.48. The lowest BCUT2D eigenvalue weighted by molar-refractivity contribution is -0.116. The number of nitriles is 1. The maximum Gasteiger partial charge on any atom is 0.349 e. The van der Waals surface area contributed by atoms with Gasteiger partial charge in [-0.3, -0.25) is 14.2 Å². The molecule has 0 saturated heterocycles. The molecule has 4 aromatic rings. The predicted octanol–water partition coefficient (Wildman–Crippen LogP) is 4.18. The van der Waals surface area contributed by atoms with E-state index in [1.54, 1.807) is 6.92 Å². The summed E-state index contributed by atoms with van der Waals surface area (Å²) in [7, 11) is 0. The van der Waals surface area contributed by atoms with Crippen LogP contribution in [-0.4, -0.2) is 21.4 Å². The standard InChI is InChI=1S/C25H20N4O4S2/c1-14-20-23(35-21(14)25(32)33-12-15-6-3-2-4-7-15)27-13-29(24(20)31)11-19(30)28-22-17(10-26)16-8-5-9-18(16)34-22/h2-4,6-7,13H,5,8-9,11-12H2,1H3,(H,28,30). The largest absolute Gasteiger partial charge is 0.457 e. The molecule has 1 N–H and O–H groups in total. The van der Waals surface area contributed by atoms with Gasteiger partial charge in [-0.2, -0.15) is 5.26 Å². The Bertz CT molecular complexity index is 1560. The number of anilines is 1. The third-order valence-electron chi connectivity index (χ3n) is 5.92. The van der Waals surface area contributed by atoms with Crippen molar-refractivity contribution in [3.05, 3.63) is 79.0 Å². The molecule has 35 heavy (non-hydrogen) atoms. The van der Waals surface area contributed by atoms with Crippen LogP contribution >= 0.6 is 22.7 Å². The van der Waals surface area contributed by atoms with Gasteiger partial charge in [-0.05, 0) is 42.9 Å². The van der Waals surface area contributed by atoms with Gasteiger partial charge in [0.25, 0.3) is 5.56 Å². The number of aromatic nitrogens is 2. The van der Waals surface area contributed by atoms with Crippen LogP contribution in [0.25, 0.3) is 10.2 Å². The van der Waals surface area contributed by atoms with E-state index in [1.807, 2.05) is 30.3 Å². The number of hydrogen-bond donors (Lipinski definition) is 1. The molecular formula is C25H20N4O4S2. The molecular weight excluding hydrogens is 484 g/mol. The number of esters is 1. The quantitative estimate of drug-likeness (QED) is 0.394. The van der Waals surface area contributed by atoms with E-state index in [-0.39, 0.29) is 13.2 Å².